The number of hydrogen-bond acceptors (Lipinski definition) is 6. The number of rotatable bonds is 3. The van der Waals surface area contributed by atoms with Crippen molar-refractivity contribution < 1.29 is 4.42 Å². The predicted molar refractivity (Wildman–Crippen MR) is 131 cm³/mol. The second kappa shape index (κ2) is 8.96. The van der Waals surface area contributed by atoms with Gasteiger partial charge in [-0.2, -0.15) is 4.98 Å². The van der Waals surface area contributed by atoms with Crippen LogP contribution in [0, 0.1) is 19.8 Å². The van der Waals surface area contributed by atoms with Crippen LogP contribution in [-0.4, -0.2) is 32.4 Å². The highest BCUT2D eigenvalue weighted by atomic mass is 16.4. The molecule has 1 fully saturated rings. The van der Waals surface area contributed by atoms with Crippen molar-refractivity contribution in [1.29, 1.82) is 0 Å². The smallest absolute Gasteiger partial charge is 0.347 e. The molecule has 7 nitrogen and oxygen atoms in total. The Bertz CT molecular complexity index is 1360. The molecule has 0 N–H and O–H groups in total. The van der Waals surface area contributed by atoms with Crippen LogP contribution in [0.2, 0.25) is 0 Å². The topological polar surface area (TPSA) is 76.5 Å². The molecule has 5 heterocycles. The lowest BCUT2D eigenvalue weighted by Crippen LogP contribution is -2.26. The fourth-order valence-electron chi connectivity index (χ4n) is 4.98. The van der Waals surface area contributed by atoms with Gasteiger partial charge in [0, 0.05) is 30.9 Å². The van der Waals surface area contributed by atoms with Crippen LogP contribution in [0.3, 0.4) is 0 Å². The molecule has 172 valence electrons. The van der Waals surface area contributed by atoms with Gasteiger partial charge in [0.1, 0.15) is 5.82 Å². The first-order valence-corrected chi connectivity index (χ1v) is 12.0. The van der Waals surface area contributed by atoms with E-state index < -0.39 is 5.63 Å². The lowest BCUT2D eigenvalue weighted by molar-refractivity contribution is 0.421. The number of imidazole rings is 1. The maximum absolute atomic E-state index is 12.9. The summed E-state index contributed by atoms with van der Waals surface area (Å²) in [6, 6.07) is 5.88. The summed E-state index contributed by atoms with van der Waals surface area (Å²) in [7, 11) is 0. The van der Waals surface area contributed by atoms with Crippen molar-refractivity contribution in [3.05, 3.63) is 52.4 Å². The lowest BCUT2D eigenvalue weighted by atomic mass is 9.95. The molecule has 0 saturated carbocycles. The summed E-state index contributed by atoms with van der Waals surface area (Å²) in [6.45, 7) is 8.14. The summed E-state index contributed by atoms with van der Waals surface area (Å²) < 4.78 is 7.59. The molecule has 1 aliphatic rings. The van der Waals surface area contributed by atoms with Crippen LogP contribution in [0.25, 0.3) is 28.0 Å². The Hall–Kier alpha value is -3.22. The van der Waals surface area contributed by atoms with E-state index in [1.807, 2.05) is 48.8 Å². The molecule has 0 spiro atoms. The number of nitrogens with zero attached hydrogens (tertiary/aromatic N) is 5. The van der Waals surface area contributed by atoms with E-state index in [4.69, 9.17) is 9.40 Å². The van der Waals surface area contributed by atoms with Crippen LogP contribution in [-0.2, 0) is 0 Å². The Morgan fingerprint density at radius 1 is 1.03 bits per heavy atom. The third kappa shape index (κ3) is 4.36. The van der Waals surface area contributed by atoms with E-state index in [-0.39, 0.29) is 0 Å². The van der Waals surface area contributed by atoms with Gasteiger partial charge in [0.05, 0.1) is 22.6 Å². The Balaban J connectivity index is 1.47. The van der Waals surface area contributed by atoms with Gasteiger partial charge < -0.3 is 13.7 Å². The summed E-state index contributed by atoms with van der Waals surface area (Å²) in [5.74, 6) is 1.73. The Morgan fingerprint density at radius 2 is 1.85 bits per heavy atom. The second-order valence-electron chi connectivity index (χ2n) is 9.24. The fraction of sp³-hybridized carbons (Fsp3) is 0.462. The van der Waals surface area contributed by atoms with Crippen LogP contribution in [0.4, 0.5) is 5.82 Å². The first-order valence-electron chi connectivity index (χ1n) is 12.0. The highest BCUT2D eigenvalue weighted by molar-refractivity contribution is 5.80. The van der Waals surface area contributed by atoms with Crippen molar-refractivity contribution in [2.45, 2.75) is 59.3 Å². The minimum atomic E-state index is -0.423. The van der Waals surface area contributed by atoms with Gasteiger partial charge in [0.25, 0.3) is 0 Å². The van der Waals surface area contributed by atoms with E-state index >= 15 is 0 Å². The van der Waals surface area contributed by atoms with Gasteiger partial charge in [-0.15, -0.1) is 0 Å². The second-order valence-corrected chi connectivity index (χ2v) is 9.24. The number of hydrogen-bond donors (Lipinski definition) is 0. The van der Waals surface area contributed by atoms with E-state index in [0.717, 1.165) is 47.2 Å². The van der Waals surface area contributed by atoms with Crippen LogP contribution in [0.1, 0.15) is 56.8 Å². The summed E-state index contributed by atoms with van der Waals surface area (Å²) in [5.41, 5.74) is 3.44. The van der Waals surface area contributed by atoms with E-state index in [1.165, 1.54) is 38.5 Å². The standard InChI is InChI=1S/C26H31N5O2/c1-4-19-8-5-6-12-30(13-7-9-19)23-11-10-20-14-21(26(32)33-25(20)29-23)22-16-31-15-17(2)27-18(3)24(31)28-22/h10-11,14-16,19H,4-9,12-13H2,1-3H3. The molecule has 1 atom stereocenters. The molecular formula is C26H31N5O2. The molecule has 1 unspecified atom stereocenters. The summed E-state index contributed by atoms with van der Waals surface area (Å²) in [5, 5.41) is 0.798. The number of aromatic nitrogens is 4. The normalized spacial score (nSPS) is 17.8. The molecule has 1 saturated heterocycles. The van der Waals surface area contributed by atoms with E-state index in [0.29, 0.717) is 17.0 Å². The first kappa shape index (κ1) is 21.6. The van der Waals surface area contributed by atoms with Gasteiger partial charge in [0.2, 0.25) is 5.71 Å². The molecule has 7 heteroatoms. The maximum Gasteiger partial charge on any atom is 0.347 e. The van der Waals surface area contributed by atoms with Crippen LogP contribution in [0.5, 0.6) is 0 Å². The van der Waals surface area contributed by atoms with Gasteiger partial charge >= 0.3 is 5.63 Å². The molecule has 0 bridgehead atoms. The Kier molecular flexibility index (Phi) is 5.87. The largest absolute Gasteiger partial charge is 0.403 e. The molecule has 0 aromatic carbocycles. The third-order valence-electron chi connectivity index (χ3n) is 6.82. The highest BCUT2D eigenvalue weighted by Gasteiger charge is 2.17. The average Bonchev–Trinajstić information content (AvgIpc) is 3.26. The zero-order chi connectivity index (χ0) is 22.9. The van der Waals surface area contributed by atoms with Gasteiger partial charge in [0.15, 0.2) is 5.65 Å². The van der Waals surface area contributed by atoms with Crippen molar-refractivity contribution >= 4 is 22.6 Å². The zero-order valence-corrected chi connectivity index (χ0v) is 19.7. The fourth-order valence-corrected chi connectivity index (χ4v) is 4.98. The van der Waals surface area contributed by atoms with Crippen molar-refractivity contribution in [1.82, 2.24) is 19.4 Å². The molecular weight excluding hydrogens is 414 g/mol. The van der Waals surface area contributed by atoms with Crippen LogP contribution < -0.4 is 10.5 Å². The Labute approximate surface area is 193 Å². The van der Waals surface area contributed by atoms with Crippen LogP contribution in [0.15, 0.2) is 39.8 Å². The molecule has 0 amide bonds. The summed E-state index contributed by atoms with van der Waals surface area (Å²) >= 11 is 0. The third-order valence-corrected chi connectivity index (χ3v) is 6.82. The molecule has 4 aromatic rings. The SMILES string of the molecule is CCC1CCCCN(c2ccc3cc(-c4cn5cc(C)nc(C)c5n4)c(=O)oc3n2)CCC1. The monoisotopic (exact) mass is 445 g/mol. The maximum atomic E-state index is 12.9. The van der Waals surface area contributed by atoms with E-state index in [9.17, 15) is 4.79 Å². The summed E-state index contributed by atoms with van der Waals surface area (Å²) in [6.07, 6.45) is 11.2. The molecule has 5 rings (SSSR count). The number of fused-ring (bicyclic) bond motifs is 2. The van der Waals surface area contributed by atoms with Gasteiger partial charge in [-0.05, 0) is 57.2 Å². The number of anilines is 1. The van der Waals surface area contributed by atoms with Crippen molar-refractivity contribution in [2.75, 3.05) is 18.0 Å². The van der Waals surface area contributed by atoms with Gasteiger partial charge in [-0.3, -0.25) is 4.98 Å². The van der Waals surface area contributed by atoms with Crippen LogP contribution >= 0.6 is 0 Å². The predicted octanol–water partition coefficient (Wildman–Crippen LogP) is 5.31. The molecule has 0 radical (unpaired) electrons. The number of pyridine rings is 1. The summed E-state index contributed by atoms with van der Waals surface area (Å²) in [4.78, 5) is 29.0. The zero-order valence-electron chi connectivity index (χ0n) is 19.7. The van der Waals surface area contributed by atoms with Crippen molar-refractivity contribution in [3.63, 3.8) is 0 Å². The number of aryl methyl sites for hydroxylation is 2. The van der Waals surface area contributed by atoms with Gasteiger partial charge in [-0.1, -0.05) is 26.2 Å². The molecule has 33 heavy (non-hydrogen) atoms. The first-order chi connectivity index (χ1) is 16.0. The lowest BCUT2D eigenvalue weighted by Gasteiger charge is -2.23. The molecule has 0 aliphatic carbocycles. The minimum Gasteiger partial charge on any atom is -0.403 e. The average molecular weight is 446 g/mol. The highest BCUT2D eigenvalue weighted by Crippen LogP contribution is 2.26. The van der Waals surface area contributed by atoms with Crippen molar-refractivity contribution in [2.24, 2.45) is 5.92 Å². The van der Waals surface area contributed by atoms with Crippen molar-refractivity contribution in [3.8, 4) is 11.3 Å². The Morgan fingerprint density at radius 3 is 2.70 bits per heavy atom. The molecule has 4 aromatic heterocycles. The minimum absolute atomic E-state index is 0.380. The van der Waals surface area contributed by atoms with E-state index in [2.05, 4.69) is 21.8 Å². The quantitative estimate of drug-likeness (QED) is 0.425. The van der Waals surface area contributed by atoms with Gasteiger partial charge in [-0.25, -0.2) is 9.78 Å². The molecule has 1 aliphatic heterocycles. The van der Waals surface area contributed by atoms with E-state index in [1.54, 1.807) is 0 Å².